The van der Waals surface area contributed by atoms with Gasteiger partial charge in [0, 0.05) is 30.8 Å². The summed E-state index contributed by atoms with van der Waals surface area (Å²) in [6.45, 7) is 0. The molecule has 3 aromatic heterocycles. The average Bonchev–Trinajstić information content (AvgIpc) is 3.37. The summed E-state index contributed by atoms with van der Waals surface area (Å²) in [6.07, 6.45) is 4.89. The first-order chi connectivity index (χ1) is 13.7. The number of fused-ring (bicyclic) bond motifs is 1. The van der Waals surface area contributed by atoms with Crippen molar-refractivity contribution >= 4 is 17.2 Å². The fraction of sp³-hybridized carbons (Fsp3) is 0.190. The Morgan fingerprint density at radius 1 is 0.929 bits per heavy atom. The number of carbonyl (C=O) groups is 2. The second-order valence-corrected chi connectivity index (χ2v) is 6.49. The van der Waals surface area contributed by atoms with Crippen LogP contribution in [-0.2, 0) is 11.2 Å². The van der Waals surface area contributed by atoms with E-state index in [1.54, 1.807) is 27.5 Å². The van der Waals surface area contributed by atoms with E-state index < -0.39 is 0 Å². The van der Waals surface area contributed by atoms with E-state index in [-0.39, 0.29) is 18.0 Å². The van der Waals surface area contributed by atoms with Crippen molar-refractivity contribution in [2.24, 2.45) is 0 Å². The molecular weight excluding hydrogens is 354 g/mol. The summed E-state index contributed by atoms with van der Waals surface area (Å²) in [5.74, 6) is 1.31. The maximum atomic E-state index is 12.3. The molecular formula is C21H19N5O2. The standard InChI is InChI=1S/C21H19N5O2/c27-17(9-4-10-18(28)16-7-2-1-3-8-16)15-19-23-20-11-5-12-21(26(20)24-19)25-14-6-13-22-25/h1-3,5-8,11-14H,4,9-10,15H2. The highest BCUT2D eigenvalue weighted by molar-refractivity contribution is 5.96. The van der Waals surface area contributed by atoms with Crippen molar-refractivity contribution in [3.8, 4) is 5.82 Å². The van der Waals surface area contributed by atoms with E-state index in [1.165, 1.54) is 0 Å². The summed E-state index contributed by atoms with van der Waals surface area (Å²) in [6, 6.07) is 16.6. The summed E-state index contributed by atoms with van der Waals surface area (Å²) in [5.41, 5.74) is 1.35. The van der Waals surface area contributed by atoms with Crippen LogP contribution in [0.25, 0.3) is 11.5 Å². The molecule has 140 valence electrons. The molecule has 0 fully saturated rings. The van der Waals surface area contributed by atoms with Gasteiger partial charge < -0.3 is 0 Å². The summed E-state index contributed by atoms with van der Waals surface area (Å²) >= 11 is 0. The molecule has 0 spiro atoms. The first-order valence-corrected chi connectivity index (χ1v) is 9.15. The molecule has 7 nitrogen and oxygen atoms in total. The summed E-state index contributed by atoms with van der Waals surface area (Å²) in [7, 11) is 0. The second kappa shape index (κ2) is 7.96. The lowest BCUT2D eigenvalue weighted by Gasteiger charge is -2.02. The molecule has 4 aromatic rings. The van der Waals surface area contributed by atoms with Gasteiger partial charge in [0.15, 0.2) is 23.1 Å². The fourth-order valence-corrected chi connectivity index (χ4v) is 3.07. The van der Waals surface area contributed by atoms with Gasteiger partial charge in [0.2, 0.25) is 0 Å². The molecule has 7 heteroatoms. The number of ketones is 2. The second-order valence-electron chi connectivity index (χ2n) is 6.49. The van der Waals surface area contributed by atoms with E-state index in [1.807, 2.05) is 48.7 Å². The van der Waals surface area contributed by atoms with Crippen LogP contribution < -0.4 is 0 Å². The van der Waals surface area contributed by atoms with Gasteiger partial charge in [0.05, 0.1) is 6.42 Å². The zero-order valence-corrected chi connectivity index (χ0v) is 15.2. The molecule has 0 saturated carbocycles. The quantitative estimate of drug-likeness (QED) is 0.443. The van der Waals surface area contributed by atoms with Gasteiger partial charge in [-0.1, -0.05) is 36.4 Å². The van der Waals surface area contributed by atoms with Crippen molar-refractivity contribution < 1.29 is 9.59 Å². The minimum atomic E-state index is 0.0254. The van der Waals surface area contributed by atoms with Gasteiger partial charge in [-0.05, 0) is 24.6 Å². The predicted molar refractivity (Wildman–Crippen MR) is 103 cm³/mol. The normalized spacial score (nSPS) is 11.0. The van der Waals surface area contributed by atoms with Crippen molar-refractivity contribution in [2.75, 3.05) is 0 Å². The van der Waals surface area contributed by atoms with E-state index in [0.29, 0.717) is 36.3 Å². The number of rotatable bonds is 8. The monoisotopic (exact) mass is 373 g/mol. The first-order valence-electron chi connectivity index (χ1n) is 9.15. The third-order valence-electron chi connectivity index (χ3n) is 4.43. The number of benzene rings is 1. The zero-order valence-electron chi connectivity index (χ0n) is 15.2. The number of nitrogens with zero attached hydrogens (tertiary/aromatic N) is 5. The first kappa shape index (κ1) is 17.8. The Hall–Kier alpha value is -3.61. The lowest BCUT2D eigenvalue weighted by molar-refractivity contribution is -0.118. The third kappa shape index (κ3) is 3.88. The predicted octanol–water partition coefficient (Wildman–Crippen LogP) is 3.08. The Kier molecular flexibility index (Phi) is 5.05. The van der Waals surface area contributed by atoms with Crippen molar-refractivity contribution in [2.45, 2.75) is 25.7 Å². The van der Waals surface area contributed by atoms with E-state index in [4.69, 9.17) is 0 Å². The topological polar surface area (TPSA) is 82.1 Å². The highest BCUT2D eigenvalue weighted by Gasteiger charge is 2.13. The number of hydrogen-bond acceptors (Lipinski definition) is 5. The molecule has 0 aliphatic rings. The molecule has 0 aliphatic carbocycles. The number of hydrogen-bond donors (Lipinski definition) is 0. The lowest BCUT2D eigenvalue weighted by atomic mass is 10.0. The highest BCUT2D eigenvalue weighted by Crippen LogP contribution is 2.12. The lowest BCUT2D eigenvalue weighted by Crippen LogP contribution is -2.07. The van der Waals surface area contributed by atoms with Gasteiger partial charge >= 0.3 is 0 Å². The van der Waals surface area contributed by atoms with Gasteiger partial charge in [-0.25, -0.2) is 9.67 Å². The third-order valence-corrected chi connectivity index (χ3v) is 4.43. The fourth-order valence-electron chi connectivity index (χ4n) is 3.07. The van der Waals surface area contributed by atoms with Crippen molar-refractivity contribution in [1.29, 1.82) is 0 Å². The van der Waals surface area contributed by atoms with Crippen molar-refractivity contribution in [3.63, 3.8) is 0 Å². The smallest absolute Gasteiger partial charge is 0.162 e. The van der Waals surface area contributed by atoms with Gasteiger partial charge in [-0.2, -0.15) is 9.61 Å². The van der Waals surface area contributed by atoms with Crippen LogP contribution in [0.5, 0.6) is 0 Å². The minimum Gasteiger partial charge on any atom is -0.299 e. The molecule has 4 rings (SSSR count). The number of pyridine rings is 1. The molecule has 0 atom stereocenters. The summed E-state index contributed by atoms with van der Waals surface area (Å²) in [4.78, 5) is 28.8. The maximum Gasteiger partial charge on any atom is 0.162 e. The Morgan fingerprint density at radius 3 is 2.57 bits per heavy atom. The number of carbonyl (C=O) groups excluding carboxylic acids is 2. The Labute approximate surface area is 161 Å². The molecule has 3 heterocycles. The van der Waals surface area contributed by atoms with Crippen LogP contribution in [-0.4, -0.2) is 35.9 Å². The molecule has 0 aliphatic heterocycles. The highest BCUT2D eigenvalue weighted by atomic mass is 16.1. The van der Waals surface area contributed by atoms with Crippen molar-refractivity contribution in [3.05, 3.63) is 78.4 Å². The molecule has 0 N–H and O–H groups in total. The van der Waals surface area contributed by atoms with E-state index in [0.717, 1.165) is 5.82 Å². The van der Waals surface area contributed by atoms with Crippen LogP contribution in [0.3, 0.4) is 0 Å². The van der Waals surface area contributed by atoms with Crippen LogP contribution in [0.4, 0.5) is 0 Å². The number of Topliss-reactive ketones (excluding diaryl/α,β-unsaturated/α-hetero) is 2. The maximum absolute atomic E-state index is 12.3. The van der Waals surface area contributed by atoms with Crippen LogP contribution in [0.2, 0.25) is 0 Å². The van der Waals surface area contributed by atoms with E-state index >= 15 is 0 Å². The van der Waals surface area contributed by atoms with Gasteiger partial charge in [-0.3, -0.25) is 9.59 Å². The minimum absolute atomic E-state index is 0.0254. The molecule has 28 heavy (non-hydrogen) atoms. The van der Waals surface area contributed by atoms with Crippen LogP contribution in [0, 0.1) is 0 Å². The van der Waals surface area contributed by atoms with E-state index in [2.05, 4.69) is 15.2 Å². The Balaban J connectivity index is 1.38. The molecule has 0 unspecified atom stereocenters. The Morgan fingerprint density at radius 2 is 1.79 bits per heavy atom. The van der Waals surface area contributed by atoms with Gasteiger partial charge in [0.25, 0.3) is 0 Å². The van der Waals surface area contributed by atoms with Gasteiger partial charge in [0.1, 0.15) is 5.78 Å². The Bertz CT molecular complexity index is 1100. The summed E-state index contributed by atoms with van der Waals surface area (Å²) in [5, 5.41) is 8.67. The SMILES string of the molecule is O=C(CCCC(=O)c1ccccc1)Cc1nc2cccc(-n3cccn3)n2n1. The largest absolute Gasteiger partial charge is 0.299 e. The zero-order chi connectivity index (χ0) is 19.3. The molecule has 0 saturated heterocycles. The number of aromatic nitrogens is 5. The van der Waals surface area contributed by atoms with E-state index in [9.17, 15) is 9.59 Å². The molecule has 1 aromatic carbocycles. The molecule has 0 amide bonds. The van der Waals surface area contributed by atoms with Crippen LogP contribution in [0.15, 0.2) is 67.0 Å². The average molecular weight is 373 g/mol. The molecule has 0 radical (unpaired) electrons. The molecule has 0 bridgehead atoms. The van der Waals surface area contributed by atoms with Gasteiger partial charge in [-0.15, -0.1) is 5.10 Å². The van der Waals surface area contributed by atoms with Crippen LogP contribution in [0.1, 0.15) is 35.4 Å². The van der Waals surface area contributed by atoms with Crippen molar-refractivity contribution in [1.82, 2.24) is 24.4 Å². The summed E-state index contributed by atoms with van der Waals surface area (Å²) < 4.78 is 3.37. The van der Waals surface area contributed by atoms with Crippen LogP contribution >= 0.6 is 0 Å².